The van der Waals surface area contributed by atoms with E-state index in [0.717, 1.165) is 11.4 Å². The molecule has 1 N–H and O–H groups in total. The molecule has 2 saturated carbocycles. The Morgan fingerprint density at radius 1 is 0.328 bits per heavy atom. The minimum Gasteiger partial charge on any atom is -0.356 e. The topological polar surface area (TPSA) is 12.0 Å². The summed E-state index contributed by atoms with van der Waals surface area (Å²) in [6.45, 7) is 0. The lowest BCUT2D eigenvalue weighted by Crippen LogP contribution is -2.29. The summed E-state index contributed by atoms with van der Waals surface area (Å²) in [5.74, 6) is 1.35. The van der Waals surface area contributed by atoms with Gasteiger partial charge in [0.05, 0.1) is 5.41 Å². The lowest BCUT2D eigenvalue weighted by Gasteiger charge is -2.35. The van der Waals surface area contributed by atoms with Crippen molar-refractivity contribution >= 4 is 32.9 Å². The number of hydrogen-bond acceptors (Lipinski definition) is 1. The molecule has 3 aliphatic rings. The SMILES string of the molecule is c1ccc2c(c1)-c1ccc(Nc3ccc(-c4ccc5cc(-c6ccc7ccccc7c6)ccc5c4)cc3)cc1C2(c1ccc(C2CCCCC2)cc1)c1ccc(C2CCCCC2)cc1. The third-order valence-corrected chi connectivity index (χ3v) is 15.3. The Labute approximate surface area is 378 Å². The van der Waals surface area contributed by atoms with Crippen LogP contribution >= 0.6 is 0 Å². The summed E-state index contributed by atoms with van der Waals surface area (Å²) >= 11 is 0. The fourth-order valence-electron chi connectivity index (χ4n) is 11.9. The molecule has 0 aromatic heterocycles. The van der Waals surface area contributed by atoms with E-state index in [4.69, 9.17) is 0 Å². The quantitative estimate of drug-likeness (QED) is 0.161. The lowest BCUT2D eigenvalue weighted by atomic mass is 9.67. The van der Waals surface area contributed by atoms with Gasteiger partial charge in [0.1, 0.15) is 0 Å². The zero-order chi connectivity index (χ0) is 42.5. The highest BCUT2D eigenvalue weighted by atomic mass is 14.9. The van der Waals surface area contributed by atoms with Gasteiger partial charge in [-0.1, -0.05) is 190 Å². The van der Waals surface area contributed by atoms with Crippen LogP contribution in [0.4, 0.5) is 11.4 Å². The van der Waals surface area contributed by atoms with Gasteiger partial charge < -0.3 is 5.32 Å². The third kappa shape index (κ3) is 6.94. The number of hydrogen-bond donors (Lipinski definition) is 1. The molecule has 0 atom stereocenters. The Kier molecular flexibility index (Phi) is 10.0. The van der Waals surface area contributed by atoms with Gasteiger partial charge in [0, 0.05) is 11.4 Å². The molecule has 1 heteroatoms. The summed E-state index contributed by atoms with van der Waals surface area (Å²) < 4.78 is 0. The van der Waals surface area contributed by atoms with E-state index in [0.29, 0.717) is 11.8 Å². The number of benzene rings is 9. The summed E-state index contributed by atoms with van der Waals surface area (Å²) in [5.41, 5.74) is 17.8. The molecule has 0 saturated heterocycles. The van der Waals surface area contributed by atoms with Gasteiger partial charge in [0.2, 0.25) is 0 Å². The van der Waals surface area contributed by atoms with Crippen molar-refractivity contribution in [3.8, 4) is 33.4 Å². The fraction of sp³-hybridized carbons (Fsp3) is 0.206. The van der Waals surface area contributed by atoms with Crippen molar-refractivity contribution in [2.75, 3.05) is 5.32 Å². The first-order chi connectivity index (χ1) is 31.7. The molecule has 0 amide bonds. The van der Waals surface area contributed by atoms with E-state index < -0.39 is 5.41 Å². The zero-order valence-corrected chi connectivity index (χ0v) is 36.7. The van der Waals surface area contributed by atoms with Gasteiger partial charge in [-0.25, -0.2) is 0 Å². The molecule has 2 fully saturated rings. The fourth-order valence-corrected chi connectivity index (χ4v) is 11.9. The second kappa shape index (κ2) is 16.5. The van der Waals surface area contributed by atoms with Crippen LogP contribution in [-0.4, -0.2) is 0 Å². The predicted octanol–water partition coefficient (Wildman–Crippen LogP) is 17.5. The number of fused-ring (bicyclic) bond motifs is 5. The summed E-state index contributed by atoms with van der Waals surface area (Å²) in [6, 6.07) is 74.0. The van der Waals surface area contributed by atoms with Gasteiger partial charge >= 0.3 is 0 Å². The molecule has 0 spiro atoms. The van der Waals surface area contributed by atoms with Crippen LogP contribution < -0.4 is 5.32 Å². The molecular formula is C63H55N. The Morgan fingerprint density at radius 3 is 1.38 bits per heavy atom. The van der Waals surface area contributed by atoms with E-state index in [1.54, 1.807) is 0 Å². The van der Waals surface area contributed by atoms with E-state index in [9.17, 15) is 0 Å². The first-order valence-electron chi connectivity index (χ1n) is 24.0. The van der Waals surface area contributed by atoms with Crippen LogP contribution in [0.1, 0.15) is 109 Å². The second-order valence-electron chi connectivity index (χ2n) is 19.0. The van der Waals surface area contributed by atoms with Gasteiger partial charge in [-0.15, -0.1) is 0 Å². The van der Waals surface area contributed by atoms with Crippen molar-refractivity contribution in [2.24, 2.45) is 0 Å². The van der Waals surface area contributed by atoms with E-state index >= 15 is 0 Å². The lowest BCUT2D eigenvalue weighted by molar-refractivity contribution is 0.443. The first kappa shape index (κ1) is 38.9. The second-order valence-corrected chi connectivity index (χ2v) is 19.0. The highest BCUT2D eigenvalue weighted by Gasteiger charge is 2.46. The van der Waals surface area contributed by atoms with Crippen LogP contribution in [-0.2, 0) is 5.41 Å². The average Bonchev–Trinajstić information content (AvgIpc) is 3.67. The molecule has 9 aromatic rings. The Morgan fingerprint density at radius 2 is 0.781 bits per heavy atom. The van der Waals surface area contributed by atoms with E-state index in [1.165, 1.54) is 153 Å². The van der Waals surface area contributed by atoms with Gasteiger partial charge in [-0.3, -0.25) is 0 Å². The van der Waals surface area contributed by atoms with Crippen molar-refractivity contribution < 1.29 is 0 Å². The van der Waals surface area contributed by atoms with Crippen molar-refractivity contribution in [3.05, 3.63) is 228 Å². The predicted molar refractivity (Wildman–Crippen MR) is 271 cm³/mol. The van der Waals surface area contributed by atoms with Gasteiger partial charge in [0.15, 0.2) is 0 Å². The van der Waals surface area contributed by atoms with E-state index in [2.05, 4.69) is 199 Å². The van der Waals surface area contributed by atoms with Crippen molar-refractivity contribution in [1.82, 2.24) is 0 Å². The molecule has 64 heavy (non-hydrogen) atoms. The molecular weight excluding hydrogens is 771 g/mol. The minimum absolute atomic E-state index is 0.435. The zero-order valence-electron chi connectivity index (χ0n) is 36.7. The summed E-state index contributed by atoms with van der Waals surface area (Å²) in [6.07, 6.45) is 13.4. The van der Waals surface area contributed by atoms with E-state index in [-0.39, 0.29) is 0 Å². The summed E-state index contributed by atoms with van der Waals surface area (Å²) in [4.78, 5) is 0. The van der Waals surface area contributed by atoms with E-state index in [1.807, 2.05) is 0 Å². The van der Waals surface area contributed by atoms with Crippen molar-refractivity contribution in [3.63, 3.8) is 0 Å². The van der Waals surface area contributed by atoms with Gasteiger partial charge in [-0.05, 0) is 168 Å². The maximum absolute atomic E-state index is 3.85. The highest BCUT2D eigenvalue weighted by Crippen LogP contribution is 2.57. The van der Waals surface area contributed by atoms with Crippen LogP contribution in [0.25, 0.3) is 54.9 Å². The number of rotatable bonds is 8. The Balaban J connectivity index is 0.873. The molecule has 12 rings (SSSR count). The molecule has 312 valence electrons. The maximum atomic E-state index is 3.85. The molecule has 0 heterocycles. The smallest absolute Gasteiger partial charge is 0.0714 e. The average molecular weight is 826 g/mol. The number of anilines is 2. The van der Waals surface area contributed by atoms with Crippen molar-refractivity contribution in [2.45, 2.75) is 81.5 Å². The van der Waals surface area contributed by atoms with Gasteiger partial charge in [0.25, 0.3) is 0 Å². The van der Waals surface area contributed by atoms with Crippen LogP contribution in [0, 0.1) is 0 Å². The molecule has 0 bridgehead atoms. The first-order valence-corrected chi connectivity index (χ1v) is 24.0. The van der Waals surface area contributed by atoms with Crippen LogP contribution in [0.2, 0.25) is 0 Å². The monoisotopic (exact) mass is 825 g/mol. The molecule has 0 unspecified atom stereocenters. The Hall–Kier alpha value is -6.70. The van der Waals surface area contributed by atoms with Gasteiger partial charge in [-0.2, -0.15) is 0 Å². The largest absolute Gasteiger partial charge is 0.356 e. The maximum Gasteiger partial charge on any atom is 0.0714 e. The van der Waals surface area contributed by atoms with Crippen LogP contribution in [0.5, 0.6) is 0 Å². The standard InChI is InChI=1S/C63H55N/c1-3-11-43(12-4-1)46-25-31-55(32-26-46)63(56-33-27-47(28-34-56)44-13-5-2-6-14-44)61-18-10-9-17-59(61)60-38-37-58(42-62(60)63)64-57-35-29-48(30-36-57)50-21-22-53-41-54(24-23-52(53)40-50)51-20-19-45-15-7-8-16-49(45)39-51/h7-10,15-44,64H,1-6,11-14H2. The Bertz CT molecular complexity index is 3060. The van der Waals surface area contributed by atoms with Crippen molar-refractivity contribution in [1.29, 1.82) is 0 Å². The molecule has 3 aliphatic carbocycles. The number of nitrogens with one attached hydrogen (secondary N) is 1. The summed E-state index contributed by atoms with van der Waals surface area (Å²) in [5, 5.41) is 8.89. The summed E-state index contributed by atoms with van der Waals surface area (Å²) in [7, 11) is 0. The molecule has 9 aromatic carbocycles. The molecule has 0 aliphatic heterocycles. The normalized spacial score (nSPS) is 16.1. The minimum atomic E-state index is -0.435. The van der Waals surface area contributed by atoms with Crippen LogP contribution in [0.3, 0.4) is 0 Å². The molecule has 1 nitrogen and oxygen atoms in total. The molecule has 0 radical (unpaired) electrons. The third-order valence-electron chi connectivity index (χ3n) is 15.3. The van der Waals surface area contributed by atoms with Crippen LogP contribution in [0.15, 0.2) is 194 Å². The highest BCUT2D eigenvalue weighted by molar-refractivity contribution is 5.93.